The van der Waals surface area contributed by atoms with Gasteiger partial charge in [0.15, 0.2) is 0 Å². The fourth-order valence-electron chi connectivity index (χ4n) is 2.27. The van der Waals surface area contributed by atoms with Gasteiger partial charge in [-0.1, -0.05) is 20.8 Å². The molecule has 1 aliphatic rings. The van der Waals surface area contributed by atoms with Gasteiger partial charge in [-0.05, 0) is 38.5 Å². The quantitative estimate of drug-likeness (QED) is 0.765. The molecular weight excluding hydrogens is 188 g/mol. The second-order valence-electron chi connectivity index (χ2n) is 6.82. The molecule has 0 radical (unpaired) electrons. The minimum atomic E-state index is -0.505. The molecule has 90 valence electrons. The van der Waals surface area contributed by atoms with Crippen molar-refractivity contribution < 1.29 is 9.84 Å². The summed E-state index contributed by atoms with van der Waals surface area (Å²) in [5, 5.41) is 10.5. The Morgan fingerprint density at radius 3 is 2.33 bits per heavy atom. The predicted molar refractivity (Wildman–Crippen MR) is 62.9 cm³/mol. The lowest BCUT2D eigenvalue weighted by Gasteiger charge is -2.42. The zero-order chi connectivity index (χ0) is 11.7. The van der Waals surface area contributed by atoms with E-state index >= 15 is 0 Å². The lowest BCUT2D eigenvalue weighted by atomic mass is 9.77. The van der Waals surface area contributed by atoms with Crippen molar-refractivity contribution in [2.45, 2.75) is 71.5 Å². The van der Waals surface area contributed by atoms with Crippen molar-refractivity contribution in [3.05, 3.63) is 0 Å². The van der Waals surface area contributed by atoms with E-state index in [4.69, 9.17) is 4.74 Å². The van der Waals surface area contributed by atoms with Crippen molar-refractivity contribution in [1.82, 2.24) is 0 Å². The molecule has 1 fully saturated rings. The molecule has 0 spiro atoms. The zero-order valence-electron chi connectivity index (χ0n) is 10.9. The van der Waals surface area contributed by atoms with E-state index in [0.29, 0.717) is 12.0 Å². The van der Waals surface area contributed by atoms with Crippen LogP contribution in [0, 0.1) is 5.41 Å². The molecule has 1 saturated heterocycles. The average molecular weight is 214 g/mol. The Labute approximate surface area is 94.0 Å². The monoisotopic (exact) mass is 214 g/mol. The number of hydrogen-bond acceptors (Lipinski definition) is 2. The summed E-state index contributed by atoms with van der Waals surface area (Å²) in [5.74, 6) is 0. The Balaban J connectivity index is 2.51. The first kappa shape index (κ1) is 13.0. The molecule has 0 bridgehead atoms. The molecule has 0 aromatic rings. The molecule has 2 nitrogen and oxygen atoms in total. The van der Waals surface area contributed by atoms with Gasteiger partial charge < -0.3 is 9.84 Å². The highest BCUT2D eigenvalue weighted by Gasteiger charge is 2.39. The van der Waals surface area contributed by atoms with E-state index in [1.54, 1.807) is 0 Å². The smallest absolute Gasteiger partial charge is 0.0697 e. The first-order chi connectivity index (χ1) is 6.62. The van der Waals surface area contributed by atoms with Gasteiger partial charge in [0.05, 0.1) is 17.8 Å². The van der Waals surface area contributed by atoms with Crippen LogP contribution in [0.2, 0.25) is 0 Å². The third-order valence-electron chi connectivity index (χ3n) is 3.16. The van der Waals surface area contributed by atoms with Crippen LogP contribution in [-0.4, -0.2) is 22.9 Å². The molecule has 0 saturated carbocycles. The predicted octanol–water partition coefficient (Wildman–Crippen LogP) is 3.13. The lowest BCUT2D eigenvalue weighted by Crippen LogP contribution is -2.46. The van der Waals surface area contributed by atoms with Gasteiger partial charge in [0.2, 0.25) is 0 Å². The van der Waals surface area contributed by atoms with Crippen molar-refractivity contribution in [2.24, 2.45) is 5.41 Å². The fraction of sp³-hybridized carbons (Fsp3) is 1.00. The van der Waals surface area contributed by atoms with E-state index in [1.807, 2.05) is 0 Å². The fourth-order valence-corrected chi connectivity index (χ4v) is 2.27. The molecule has 0 aliphatic carbocycles. The van der Waals surface area contributed by atoms with Gasteiger partial charge in [-0.3, -0.25) is 0 Å². The maximum Gasteiger partial charge on any atom is 0.0697 e. The van der Waals surface area contributed by atoms with Crippen LogP contribution in [0.1, 0.15) is 60.3 Å². The van der Waals surface area contributed by atoms with E-state index in [0.717, 1.165) is 25.7 Å². The Kier molecular flexibility index (Phi) is 3.52. The lowest BCUT2D eigenvalue weighted by molar-refractivity contribution is -0.148. The summed E-state index contributed by atoms with van der Waals surface area (Å²) in [6.07, 6.45) is 3.51. The number of hydrogen-bond donors (Lipinski definition) is 1. The standard InChI is InChI=1S/C13H26O2/c1-11(2,3)6-7-13(14)8-9-15-12(4,5)10-13/h14H,6-10H2,1-5H3. The van der Waals surface area contributed by atoms with Crippen LogP contribution >= 0.6 is 0 Å². The summed E-state index contributed by atoms with van der Waals surface area (Å²) < 4.78 is 5.63. The van der Waals surface area contributed by atoms with E-state index in [9.17, 15) is 5.11 Å². The summed E-state index contributed by atoms with van der Waals surface area (Å²) in [6.45, 7) is 11.5. The summed E-state index contributed by atoms with van der Waals surface area (Å²) >= 11 is 0. The van der Waals surface area contributed by atoms with Gasteiger partial charge in [0.1, 0.15) is 0 Å². The first-order valence-corrected chi connectivity index (χ1v) is 5.98. The maximum atomic E-state index is 10.5. The van der Waals surface area contributed by atoms with E-state index in [-0.39, 0.29) is 5.60 Å². The summed E-state index contributed by atoms with van der Waals surface area (Å²) in [4.78, 5) is 0. The zero-order valence-corrected chi connectivity index (χ0v) is 10.9. The molecule has 0 aromatic heterocycles. The van der Waals surface area contributed by atoms with Crippen LogP contribution in [0.5, 0.6) is 0 Å². The van der Waals surface area contributed by atoms with Gasteiger partial charge in [0.25, 0.3) is 0 Å². The molecular formula is C13H26O2. The highest BCUT2D eigenvalue weighted by Crippen LogP contribution is 2.37. The number of rotatable bonds is 2. The van der Waals surface area contributed by atoms with E-state index < -0.39 is 5.60 Å². The van der Waals surface area contributed by atoms with Gasteiger partial charge in [-0.2, -0.15) is 0 Å². The van der Waals surface area contributed by atoms with Crippen LogP contribution in [-0.2, 0) is 4.74 Å². The number of ether oxygens (including phenoxy) is 1. The molecule has 15 heavy (non-hydrogen) atoms. The van der Waals surface area contributed by atoms with Gasteiger partial charge in [-0.15, -0.1) is 0 Å². The summed E-state index contributed by atoms with van der Waals surface area (Å²) in [5.41, 5.74) is -0.363. The molecule has 1 unspecified atom stereocenters. The molecule has 1 rings (SSSR count). The van der Waals surface area contributed by atoms with Crippen molar-refractivity contribution in [1.29, 1.82) is 0 Å². The first-order valence-electron chi connectivity index (χ1n) is 5.98. The second-order valence-corrected chi connectivity index (χ2v) is 6.82. The SMILES string of the molecule is CC(C)(C)CCC1(O)CCOC(C)(C)C1. The Bertz CT molecular complexity index is 215. The molecule has 1 aliphatic heterocycles. The summed E-state index contributed by atoms with van der Waals surface area (Å²) in [6, 6.07) is 0. The molecule has 1 N–H and O–H groups in total. The van der Waals surface area contributed by atoms with Crippen molar-refractivity contribution in [3.8, 4) is 0 Å². The van der Waals surface area contributed by atoms with Crippen LogP contribution in [0.3, 0.4) is 0 Å². The number of aliphatic hydroxyl groups is 1. The van der Waals surface area contributed by atoms with Crippen molar-refractivity contribution >= 4 is 0 Å². The normalized spacial score (nSPS) is 31.6. The molecule has 1 heterocycles. The van der Waals surface area contributed by atoms with Crippen LogP contribution in [0.15, 0.2) is 0 Å². The minimum Gasteiger partial charge on any atom is -0.390 e. The van der Waals surface area contributed by atoms with Crippen LogP contribution in [0.4, 0.5) is 0 Å². The van der Waals surface area contributed by atoms with Gasteiger partial charge in [0, 0.05) is 6.42 Å². The Morgan fingerprint density at radius 1 is 1.27 bits per heavy atom. The molecule has 2 heteroatoms. The molecule has 0 amide bonds. The minimum absolute atomic E-state index is 0.162. The Morgan fingerprint density at radius 2 is 1.87 bits per heavy atom. The highest BCUT2D eigenvalue weighted by atomic mass is 16.5. The third kappa shape index (κ3) is 4.52. The average Bonchev–Trinajstić information content (AvgIpc) is 1.97. The van der Waals surface area contributed by atoms with Crippen LogP contribution < -0.4 is 0 Å². The topological polar surface area (TPSA) is 29.5 Å². The second kappa shape index (κ2) is 4.06. The molecule has 0 aromatic carbocycles. The van der Waals surface area contributed by atoms with Crippen LogP contribution in [0.25, 0.3) is 0 Å². The van der Waals surface area contributed by atoms with Crippen molar-refractivity contribution in [2.75, 3.05) is 6.61 Å². The van der Waals surface area contributed by atoms with E-state index in [1.165, 1.54) is 0 Å². The molecule has 1 atom stereocenters. The third-order valence-corrected chi connectivity index (χ3v) is 3.16. The van der Waals surface area contributed by atoms with Gasteiger partial charge in [-0.25, -0.2) is 0 Å². The Hall–Kier alpha value is -0.0800. The van der Waals surface area contributed by atoms with E-state index in [2.05, 4.69) is 34.6 Å². The highest BCUT2D eigenvalue weighted by molar-refractivity contribution is 4.91. The largest absolute Gasteiger partial charge is 0.390 e. The van der Waals surface area contributed by atoms with Crippen molar-refractivity contribution in [3.63, 3.8) is 0 Å². The van der Waals surface area contributed by atoms with Gasteiger partial charge >= 0.3 is 0 Å². The maximum absolute atomic E-state index is 10.5. The summed E-state index contributed by atoms with van der Waals surface area (Å²) in [7, 11) is 0.